The molecule has 0 saturated carbocycles. The number of amides is 2. The zero-order valence-electron chi connectivity index (χ0n) is 13.9. The molecule has 0 aromatic heterocycles. The molecule has 0 atom stereocenters. The van der Waals surface area contributed by atoms with Crippen molar-refractivity contribution in [3.05, 3.63) is 28.2 Å². The van der Waals surface area contributed by atoms with Gasteiger partial charge >= 0.3 is 0 Å². The van der Waals surface area contributed by atoms with Crippen LogP contribution in [0.4, 0.5) is 5.69 Å². The van der Waals surface area contributed by atoms with E-state index in [1.165, 1.54) is 0 Å². The minimum Gasteiger partial charge on any atom is -0.355 e. The van der Waals surface area contributed by atoms with Crippen LogP contribution in [0.1, 0.15) is 20.3 Å². The third-order valence-electron chi connectivity index (χ3n) is 3.32. The van der Waals surface area contributed by atoms with Gasteiger partial charge in [-0.25, -0.2) is 0 Å². The number of rotatable bonds is 7. The van der Waals surface area contributed by atoms with Crippen LogP contribution in [0.25, 0.3) is 0 Å². The summed E-state index contributed by atoms with van der Waals surface area (Å²) >= 11 is 11.8. The standard InChI is InChI=1S/C16H23Cl2N3O2/c1-16(2,14(22)19-6-5-7-21(3)4)15(23)20-13-9-11(17)8-12(18)10-13/h8-10H,5-7H2,1-4H3,(H,19,22)(H,20,23). The summed E-state index contributed by atoms with van der Waals surface area (Å²) in [5.41, 5.74) is -0.742. The van der Waals surface area contributed by atoms with Gasteiger partial charge in [0, 0.05) is 22.3 Å². The number of carbonyl (C=O) groups excluding carboxylic acids is 2. The van der Waals surface area contributed by atoms with E-state index in [-0.39, 0.29) is 5.91 Å². The molecule has 2 amide bonds. The van der Waals surface area contributed by atoms with Crippen LogP contribution in [-0.4, -0.2) is 43.9 Å². The highest BCUT2D eigenvalue weighted by Gasteiger charge is 2.35. The lowest BCUT2D eigenvalue weighted by molar-refractivity contribution is -0.138. The van der Waals surface area contributed by atoms with Gasteiger partial charge in [-0.05, 0) is 59.1 Å². The molecular formula is C16H23Cl2N3O2. The van der Waals surface area contributed by atoms with Crippen molar-refractivity contribution in [3.63, 3.8) is 0 Å². The van der Waals surface area contributed by atoms with E-state index in [0.29, 0.717) is 22.3 Å². The number of benzene rings is 1. The van der Waals surface area contributed by atoms with Gasteiger partial charge in [0.15, 0.2) is 0 Å². The molecule has 7 heteroatoms. The third kappa shape index (κ3) is 6.37. The van der Waals surface area contributed by atoms with Crippen molar-refractivity contribution in [2.24, 2.45) is 5.41 Å². The maximum atomic E-state index is 12.4. The fraction of sp³-hybridized carbons (Fsp3) is 0.500. The predicted molar refractivity (Wildman–Crippen MR) is 95.1 cm³/mol. The smallest absolute Gasteiger partial charge is 0.239 e. The number of halogens is 2. The molecule has 0 heterocycles. The van der Waals surface area contributed by atoms with Crippen molar-refractivity contribution in [3.8, 4) is 0 Å². The number of nitrogens with zero attached hydrogens (tertiary/aromatic N) is 1. The van der Waals surface area contributed by atoms with Gasteiger partial charge in [-0.15, -0.1) is 0 Å². The van der Waals surface area contributed by atoms with Crippen LogP contribution in [0.5, 0.6) is 0 Å². The van der Waals surface area contributed by atoms with Crippen molar-refractivity contribution in [1.29, 1.82) is 0 Å². The second-order valence-corrected chi connectivity index (χ2v) is 7.02. The van der Waals surface area contributed by atoms with Gasteiger partial charge in [0.25, 0.3) is 0 Å². The zero-order valence-corrected chi connectivity index (χ0v) is 15.4. The summed E-state index contributed by atoms with van der Waals surface area (Å²) in [5.74, 6) is -0.733. The molecule has 0 fully saturated rings. The van der Waals surface area contributed by atoms with Crippen LogP contribution < -0.4 is 10.6 Å². The molecule has 0 unspecified atom stereocenters. The molecule has 1 aromatic rings. The van der Waals surface area contributed by atoms with Crippen molar-refractivity contribution < 1.29 is 9.59 Å². The van der Waals surface area contributed by atoms with Crippen molar-refractivity contribution in [1.82, 2.24) is 10.2 Å². The molecule has 1 rings (SSSR count). The molecule has 0 aliphatic rings. The minimum absolute atomic E-state index is 0.318. The van der Waals surface area contributed by atoms with Crippen LogP contribution in [-0.2, 0) is 9.59 Å². The summed E-state index contributed by atoms with van der Waals surface area (Å²) in [6.07, 6.45) is 0.820. The summed E-state index contributed by atoms with van der Waals surface area (Å²) < 4.78 is 0. The van der Waals surface area contributed by atoms with Gasteiger partial charge < -0.3 is 15.5 Å². The molecular weight excluding hydrogens is 337 g/mol. The Balaban J connectivity index is 2.63. The molecule has 0 spiro atoms. The number of nitrogens with one attached hydrogen (secondary N) is 2. The second-order valence-electron chi connectivity index (χ2n) is 6.15. The zero-order chi connectivity index (χ0) is 17.6. The maximum absolute atomic E-state index is 12.4. The number of carbonyl (C=O) groups is 2. The highest BCUT2D eigenvalue weighted by atomic mass is 35.5. The fourth-order valence-corrected chi connectivity index (χ4v) is 2.36. The molecule has 2 N–H and O–H groups in total. The number of hydrogen-bond donors (Lipinski definition) is 2. The van der Waals surface area contributed by atoms with Gasteiger partial charge in [-0.3, -0.25) is 9.59 Å². The lowest BCUT2D eigenvalue weighted by Crippen LogP contribution is -2.45. The lowest BCUT2D eigenvalue weighted by Gasteiger charge is -2.23. The van der Waals surface area contributed by atoms with E-state index in [0.717, 1.165) is 13.0 Å². The van der Waals surface area contributed by atoms with E-state index >= 15 is 0 Å². The Hall–Kier alpha value is -1.30. The van der Waals surface area contributed by atoms with Crippen LogP contribution >= 0.6 is 23.2 Å². The quantitative estimate of drug-likeness (QED) is 0.580. The summed E-state index contributed by atoms with van der Waals surface area (Å²) in [5, 5.41) is 6.30. The first-order valence-electron chi connectivity index (χ1n) is 7.33. The predicted octanol–water partition coefficient (Wildman–Crippen LogP) is 3.03. The van der Waals surface area contributed by atoms with Crippen LogP contribution in [0.2, 0.25) is 10.0 Å². The van der Waals surface area contributed by atoms with Crippen LogP contribution in [0.15, 0.2) is 18.2 Å². The third-order valence-corrected chi connectivity index (χ3v) is 3.76. The Morgan fingerprint density at radius 1 is 1.09 bits per heavy atom. The van der Waals surface area contributed by atoms with Gasteiger partial charge in [0.05, 0.1) is 0 Å². The van der Waals surface area contributed by atoms with Crippen molar-refractivity contribution in [2.75, 3.05) is 32.5 Å². The fourth-order valence-electron chi connectivity index (χ4n) is 1.83. The Morgan fingerprint density at radius 3 is 2.17 bits per heavy atom. The molecule has 1 aromatic carbocycles. The molecule has 23 heavy (non-hydrogen) atoms. The first-order valence-corrected chi connectivity index (χ1v) is 8.09. The number of hydrogen-bond acceptors (Lipinski definition) is 3. The summed E-state index contributed by atoms with van der Waals surface area (Å²) in [6.45, 7) is 4.55. The van der Waals surface area contributed by atoms with E-state index in [2.05, 4.69) is 10.6 Å². The van der Waals surface area contributed by atoms with Crippen LogP contribution in [0.3, 0.4) is 0 Å². The second kappa shape index (κ2) is 8.52. The summed E-state index contributed by atoms with van der Waals surface area (Å²) in [4.78, 5) is 26.6. The SMILES string of the molecule is CN(C)CCCNC(=O)C(C)(C)C(=O)Nc1cc(Cl)cc(Cl)c1. The minimum atomic E-state index is -1.20. The van der Waals surface area contributed by atoms with Crippen molar-refractivity contribution in [2.45, 2.75) is 20.3 Å². The highest BCUT2D eigenvalue weighted by Crippen LogP contribution is 2.25. The molecule has 0 aliphatic carbocycles. The highest BCUT2D eigenvalue weighted by molar-refractivity contribution is 6.35. The van der Waals surface area contributed by atoms with Gasteiger partial charge in [-0.1, -0.05) is 23.2 Å². The van der Waals surface area contributed by atoms with Gasteiger partial charge in [0.2, 0.25) is 11.8 Å². The van der Waals surface area contributed by atoms with Crippen LogP contribution in [0, 0.1) is 5.41 Å². The lowest BCUT2D eigenvalue weighted by atomic mass is 9.91. The number of anilines is 1. The van der Waals surface area contributed by atoms with E-state index in [1.54, 1.807) is 32.0 Å². The Labute approximate surface area is 147 Å². The first kappa shape index (κ1) is 19.7. The molecule has 0 radical (unpaired) electrons. The largest absolute Gasteiger partial charge is 0.355 e. The molecule has 0 aliphatic heterocycles. The topological polar surface area (TPSA) is 61.4 Å². The monoisotopic (exact) mass is 359 g/mol. The first-order chi connectivity index (χ1) is 10.6. The van der Waals surface area contributed by atoms with E-state index < -0.39 is 11.3 Å². The van der Waals surface area contributed by atoms with E-state index in [4.69, 9.17) is 23.2 Å². The Bertz CT molecular complexity index is 554. The van der Waals surface area contributed by atoms with E-state index in [1.807, 2.05) is 19.0 Å². The Kier molecular flexibility index (Phi) is 7.32. The molecule has 0 bridgehead atoms. The van der Waals surface area contributed by atoms with Gasteiger partial charge in [-0.2, -0.15) is 0 Å². The molecule has 0 saturated heterocycles. The normalized spacial score (nSPS) is 11.4. The van der Waals surface area contributed by atoms with Gasteiger partial charge in [0.1, 0.15) is 5.41 Å². The molecule has 128 valence electrons. The van der Waals surface area contributed by atoms with E-state index in [9.17, 15) is 9.59 Å². The average molecular weight is 360 g/mol. The Morgan fingerprint density at radius 2 is 1.65 bits per heavy atom. The summed E-state index contributed by atoms with van der Waals surface area (Å²) in [7, 11) is 3.94. The maximum Gasteiger partial charge on any atom is 0.239 e. The molecule has 5 nitrogen and oxygen atoms in total. The average Bonchev–Trinajstić information content (AvgIpc) is 2.41. The summed E-state index contributed by atoms with van der Waals surface area (Å²) in [6, 6.07) is 4.73. The van der Waals surface area contributed by atoms with Crippen molar-refractivity contribution >= 4 is 40.7 Å².